The third kappa shape index (κ3) is 3.39. The van der Waals surface area contributed by atoms with E-state index in [1.807, 2.05) is 17.9 Å². The molecule has 0 unspecified atom stereocenters. The van der Waals surface area contributed by atoms with Crippen LogP contribution in [0.15, 0.2) is 12.1 Å². The number of hydrogen-bond acceptors (Lipinski definition) is 3. The molecule has 7 heteroatoms. The molecule has 0 spiro atoms. The zero-order valence-corrected chi connectivity index (χ0v) is 13.9. The van der Waals surface area contributed by atoms with Crippen LogP contribution in [0.4, 0.5) is 13.2 Å². The molecule has 24 heavy (non-hydrogen) atoms. The van der Waals surface area contributed by atoms with E-state index in [-0.39, 0.29) is 5.56 Å². The Morgan fingerprint density at radius 2 is 1.96 bits per heavy atom. The summed E-state index contributed by atoms with van der Waals surface area (Å²) in [5.74, 6) is -4.46. The highest BCUT2D eigenvalue weighted by atomic mass is 19.2. The van der Waals surface area contributed by atoms with Crippen LogP contribution >= 0.6 is 0 Å². The van der Waals surface area contributed by atoms with Gasteiger partial charge in [-0.05, 0) is 44.5 Å². The Kier molecular flexibility index (Phi) is 5.19. The summed E-state index contributed by atoms with van der Waals surface area (Å²) in [6.45, 7) is 6.13. The number of rotatable bonds is 4. The van der Waals surface area contributed by atoms with Crippen molar-refractivity contribution in [2.24, 2.45) is 5.41 Å². The van der Waals surface area contributed by atoms with Gasteiger partial charge in [0, 0.05) is 12.6 Å². The Bertz CT molecular complexity index is 661. The maximum atomic E-state index is 13.6. The lowest BCUT2D eigenvalue weighted by Crippen LogP contribution is -2.45. The van der Waals surface area contributed by atoms with Gasteiger partial charge >= 0.3 is 0 Å². The molecule has 0 aliphatic carbocycles. The van der Waals surface area contributed by atoms with Gasteiger partial charge < -0.3 is 5.32 Å². The molecule has 0 aromatic heterocycles. The normalized spacial score (nSPS) is 21.5. The van der Waals surface area contributed by atoms with Gasteiger partial charge in [-0.25, -0.2) is 13.2 Å². The maximum absolute atomic E-state index is 13.6. The van der Waals surface area contributed by atoms with E-state index in [4.69, 9.17) is 5.26 Å². The molecule has 1 aromatic rings. The number of benzene rings is 1. The highest BCUT2D eigenvalue weighted by Gasteiger charge is 2.39. The van der Waals surface area contributed by atoms with E-state index in [0.29, 0.717) is 19.5 Å². The minimum atomic E-state index is -1.51. The van der Waals surface area contributed by atoms with Gasteiger partial charge in [-0.3, -0.25) is 9.69 Å². The molecular weight excluding hydrogens is 319 g/mol. The summed E-state index contributed by atoms with van der Waals surface area (Å²) < 4.78 is 40.4. The maximum Gasteiger partial charge on any atom is 0.240 e. The van der Waals surface area contributed by atoms with Crippen LogP contribution in [0.5, 0.6) is 0 Å². The predicted molar refractivity (Wildman–Crippen MR) is 82.2 cm³/mol. The van der Waals surface area contributed by atoms with Crippen LogP contribution in [-0.2, 0) is 4.79 Å². The fourth-order valence-corrected chi connectivity index (χ4v) is 2.95. The van der Waals surface area contributed by atoms with Gasteiger partial charge in [0.1, 0.15) is 5.41 Å². The predicted octanol–water partition coefficient (Wildman–Crippen LogP) is 2.91. The van der Waals surface area contributed by atoms with Gasteiger partial charge in [0.2, 0.25) is 5.91 Å². The molecule has 1 saturated heterocycles. The lowest BCUT2D eigenvalue weighted by atomic mass is 9.92. The summed E-state index contributed by atoms with van der Waals surface area (Å²) in [5.41, 5.74) is -0.936. The molecule has 1 aliphatic heterocycles. The van der Waals surface area contributed by atoms with Crippen LogP contribution in [0.1, 0.15) is 38.8 Å². The zero-order chi connectivity index (χ0) is 18.1. The zero-order valence-electron chi connectivity index (χ0n) is 13.9. The summed E-state index contributed by atoms with van der Waals surface area (Å²) >= 11 is 0. The Morgan fingerprint density at radius 1 is 1.38 bits per heavy atom. The van der Waals surface area contributed by atoms with Crippen molar-refractivity contribution in [3.63, 3.8) is 0 Å². The lowest BCUT2D eigenvalue weighted by molar-refractivity contribution is -0.127. The van der Waals surface area contributed by atoms with Gasteiger partial charge in [0.15, 0.2) is 17.5 Å². The minimum Gasteiger partial charge on any atom is -0.350 e. The van der Waals surface area contributed by atoms with Crippen molar-refractivity contribution in [1.29, 1.82) is 5.26 Å². The van der Waals surface area contributed by atoms with Crippen molar-refractivity contribution in [2.45, 2.75) is 39.3 Å². The topological polar surface area (TPSA) is 56.1 Å². The standard InChI is InChI=1S/C17H20F3N3O/c1-4-23-6-5-13(22-16(24)17(2,3)9-21)15(23)10-7-11(18)14(20)12(19)8-10/h7-8,13,15H,4-6H2,1-3H3,(H,22,24)/t13-,15-/m1/s1. The first kappa shape index (κ1) is 18.3. The first-order valence-electron chi connectivity index (χ1n) is 7.82. The van der Waals surface area contributed by atoms with Crippen molar-refractivity contribution >= 4 is 5.91 Å². The van der Waals surface area contributed by atoms with Crippen LogP contribution in [0.25, 0.3) is 0 Å². The van der Waals surface area contributed by atoms with Crippen LogP contribution in [0.2, 0.25) is 0 Å². The minimum absolute atomic E-state index is 0.269. The van der Waals surface area contributed by atoms with Crippen LogP contribution in [0, 0.1) is 34.2 Å². The number of carbonyl (C=O) groups excluding carboxylic acids is 1. The van der Waals surface area contributed by atoms with Crippen molar-refractivity contribution in [1.82, 2.24) is 10.2 Å². The molecule has 1 amide bonds. The third-order valence-corrected chi connectivity index (χ3v) is 4.42. The van der Waals surface area contributed by atoms with Crippen LogP contribution in [-0.4, -0.2) is 29.9 Å². The fourth-order valence-electron chi connectivity index (χ4n) is 2.95. The summed E-state index contributed by atoms with van der Waals surface area (Å²) in [6.07, 6.45) is 0.576. The molecule has 130 valence electrons. The molecule has 0 radical (unpaired) electrons. The van der Waals surface area contributed by atoms with Crippen molar-refractivity contribution in [3.05, 3.63) is 35.1 Å². The van der Waals surface area contributed by atoms with Crippen molar-refractivity contribution in [2.75, 3.05) is 13.1 Å². The number of amides is 1. The summed E-state index contributed by atoms with van der Waals surface area (Å²) in [5, 5.41) is 11.9. The SMILES string of the molecule is CCN1CC[C@@H](NC(=O)C(C)(C)C#N)[C@H]1c1cc(F)c(F)c(F)c1. The Hall–Kier alpha value is -2.07. The Morgan fingerprint density at radius 3 is 2.46 bits per heavy atom. The molecule has 2 rings (SSSR count). The number of likely N-dealkylation sites (N-methyl/N-ethyl adjacent to an activating group) is 1. The average Bonchev–Trinajstić information content (AvgIpc) is 2.94. The third-order valence-electron chi connectivity index (χ3n) is 4.42. The number of likely N-dealkylation sites (tertiary alicyclic amines) is 1. The monoisotopic (exact) mass is 339 g/mol. The van der Waals surface area contributed by atoms with E-state index in [9.17, 15) is 18.0 Å². The van der Waals surface area contributed by atoms with Gasteiger partial charge in [0.05, 0.1) is 12.1 Å². The molecule has 1 fully saturated rings. The fraction of sp³-hybridized carbons (Fsp3) is 0.529. The number of carbonyl (C=O) groups is 1. The van der Waals surface area contributed by atoms with E-state index < -0.39 is 40.9 Å². The van der Waals surface area contributed by atoms with Gasteiger partial charge in [0.25, 0.3) is 0 Å². The number of halogens is 3. The summed E-state index contributed by atoms with van der Waals surface area (Å²) in [4.78, 5) is 14.2. The molecule has 1 aliphatic rings. The second-order valence-electron chi connectivity index (χ2n) is 6.48. The summed E-state index contributed by atoms with van der Waals surface area (Å²) in [6, 6.07) is 2.97. The van der Waals surface area contributed by atoms with E-state index in [0.717, 1.165) is 12.1 Å². The Balaban J connectivity index is 2.33. The molecular formula is C17H20F3N3O. The van der Waals surface area contributed by atoms with E-state index >= 15 is 0 Å². The largest absolute Gasteiger partial charge is 0.350 e. The van der Waals surface area contributed by atoms with Crippen LogP contribution < -0.4 is 5.32 Å². The average molecular weight is 339 g/mol. The van der Waals surface area contributed by atoms with Gasteiger partial charge in [-0.2, -0.15) is 5.26 Å². The lowest BCUT2D eigenvalue weighted by Gasteiger charge is -2.29. The first-order valence-corrected chi connectivity index (χ1v) is 7.82. The van der Waals surface area contributed by atoms with E-state index in [1.54, 1.807) is 0 Å². The number of hydrogen-bond donors (Lipinski definition) is 1. The first-order chi connectivity index (χ1) is 11.2. The van der Waals surface area contributed by atoms with E-state index in [2.05, 4.69) is 5.32 Å². The van der Waals surface area contributed by atoms with E-state index in [1.165, 1.54) is 13.8 Å². The highest BCUT2D eigenvalue weighted by molar-refractivity contribution is 5.84. The Labute approximate surface area is 139 Å². The van der Waals surface area contributed by atoms with Crippen molar-refractivity contribution in [3.8, 4) is 6.07 Å². The molecule has 0 bridgehead atoms. The number of nitrogens with zero attached hydrogens (tertiary/aromatic N) is 2. The molecule has 1 heterocycles. The highest BCUT2D eigenvalue weighted by Crippen LogP contribution is 2.34. The van der Waals surface area contributed by atoms with Crippen LogP contribution in [0.3, 0.4) is 0 Å². The van der Waals surface area contributed by atoms with Gasteiger partial charge in [-0.15, -0.1) is 0 Å². The second kappa shape index (κ2) is 6.81. The molecule has 4 nitrogen and oxygen atoms in total. The molecule has 1 aromatic carbocycles. The number of nitriles is 1. The van der Waals surface area contributed by atoms with Crippen molar-refractivity contribution < 1.29 is 18.0 Å². The summed E-state index contributed by atoms with van der Waals surface area (Å²) in [7, 11) is 0. The smallest absolute Gasteiger partial charge is 0.240 e. The second-order valence-corrected chi connectivity index (χ2v) is 6.48. The van der Waals surface area contributed by atoms with Gasteiger partial charge in [-0.1, -0.05) is 6.92 Å². The quantitative estimate of drug-likeness (QED) is 0.858. The molecule has 1 N–H and O–H groups in total. The molecule has 2 atom stereocenters. The number of nitrogens with one attached hydrogen (secondary N) is 1. The molecule has 0 saturated carbocycles.